The summed E-state index contributed by atoms with van der Waals surface area (Å²) >= 11 is 0. The Balaban J connectivity index is 2.93. The van der Waals surface area contributed by atoms with Crippen molar-refractivity contribution < 1.29 is 19.8 Å². The molecule has 1 atom stereocenters. The highest BCUT2D eigenvalue weighted by molar-refractivity contribution is 5.84. The number of hydrogen-bond acceptors (Lipinski definition) is 3. The van der Waals surface area contributed by atoms with Crippen LogP contribution in [0.15, 0.2) is 18.2 Å². The summed E-state index contributed by atoms with van der Waals surface area (Å²) in [6, 6.07) is 4.43. The fourth-order valence-corrected chi connectivity index (χ4v) is 1.59. The first kappa shape index (κ1) is 13.0. The molecule has 0 aliphatic carbocycles. The molecule has 17 heavy (non-hydrogen) atoms. The minimum Gasteiger partial charge on any atom is -0.481 e. The molecule has 0 aliphatic rings. The van der Waals surface area contributed by atoms with E-state index in [9.17, 15) is 9.59 Å². The van der Waals surface area contributed by atoms with Crippen LogP contribution in [0.5, 0.6) is 0 Å². The highest BCUT2D eigenvalue weighted by atomic mass is 16.4. The molecule has 0 amide bonds. The summed E-state index contributed by atoms with van der Waals surface area (Å²) in [5.41, 5.74) is 2.46. The van der Waals surface area contributed by atoms with Crippen LogP contribution in [0.4, 0.5) is 5.69 Å². The smallest absolute Gasteiger partial charge is 0.326 e. The zero-order valence-corrected chi connectivity index (χ0v) is 9.73. The van der Waals surface area contributed by atoms with Crippen LogP contribution in [0.25, 0.3) is 0 Å². The van der Waals surface area contributed by atoms with Crippen molar-refractivity contribution in [3.8, 4) is 0 Å². The van der Waals surface area contributed by atoms with Gasteiger partial charge in [-0.2, -0.15) is 0 Å². The maximum Gasteiger partial charge on any atom is 0.326 e. The van der Waals surface area contributed by atoms with Gasteiger partial charge in [-0.25, -0.2) is 4.79 Å². The number of carboxylic acid groups (broad SMARTS) is 2. The Hall–Kier alpha value is -2.04. The second-order valence-electron chi connectivity index (χ2n) is 3.90. The van der Waals surface area contributed by atoms with Crippen LogP contribution in [0, 0.1) is 13.8 Å². The SMILES string of the molecule is Cc1cccc(C)c1NC(CC(=O)O)C(=O)O. The zero-order valence-electron chi connectivity index (χ0n) is 9.73. The third kappa shape index (κ3) is 3.48. The molecule has 5 heteroatoms. The summed E-state index contributed by atoms with van der Waals surface area (Å²) in [5.74, 6) is -2.31. The summed E-state index contributed by atoms with van der Waals surface area (Å²) in [4.78, 5) is 21.5. The van der Waals surface area contributed by atoms with E-state index < -0.39 is 24.4 Å². The Labute approximate surface area is 99.1 Å². The molecule has 0 fully saturated rings. The molecule has 0 aliphatic heterocycles. The molecular formula is C12H15NO4. The fourth-order valence-electron chi connectivity index (χ4n) is 1.59. The number of aryl methyl sites for hydroxylation is 2. The summed E-state index contributed by atoms with van der Waals surface area (Å²) in [5, 5.41) is 20.4. The Bertz CT molecular complexity index is 422. The monoisotopic (exact) mass is 237 g/mol. The Kier molecular flexibility index (Phi) is 4.09. The first-order valence-electron chi connectivity index (χ1n) is 5.19. The van der Waals surface area contributed by atoms with Gasteiger partial charge in [0.15, 0.2) is 0 Å². The number of hydrogen-bond donors (Lipinski definition) is 3. The minimum atomic E-state index is -1.17. The number of aliphatic carboxylic acids is 2. The first-order chi connectivity index (χ1) is 7.91. The van der Waals surface area contributed by atoms with Crippen molar-refractivity contribution in [3.63, 3.8) is 0 Å². The molecule has 1 unspecified atom stereocenters. The second kappa shape index (κ2) is 5.34. The van der Waals surface area contributed by atoms with Gasteiger partial charge in [0, 0.05) is 5.69 Å². The van der Waals surface area contributed by atoms with Gasteiger partial charge >= 0.3 is 11.9 Å². The molecule has 92 valence electrons. The fraction of sp³-hybridized carbons (Fsp3) is 0.333. The van der Waals surface area contributed by atoms with E-state index in [1.165, 1.54) is 0 Å². The van der Waals surface area contributed by atoms with Crippen molar-refractivity contribution in [3.05, 3.63) is 29.3 Å². The van der Waals surface area contributed by atoms with Gasteiger partial charge < -0.3 is 15.5 Å². The Morgan fingerprint density at radius 2 is 1.76 bits per heavy atom. The van der Waals surface area contributed by atoms with Gasteiger partial charge in [0.1, 0.15) is 6.04 Å². The number of rotatable bonds is 5. The molecule has 5 nitrogen and oxygen atoms in total. The maximum absolute atomic E-state index is 10.9. The largest absolute Gasteiger partial charge is 0.481 e. The second-order valence-corrected chi connectivity index (χ2v) is 3.90. The molecule has 0 radical (unpaired) electrons. The molecule has 0 saturated carbocycles. The Morgan fingerprint density at radius 1 is 1.24 bits per heavy atom. The average molecular weight is 237 g/mol. The van der Waals surface area contributed by atoms with Crippen molar-refractivity contribution in [1.82, 2.24) is 0 Å². The molecule has 1 aromatic carbocycles. The molecule has 0 aromatic heterocycles. The summed E-state index contributed by atoms with van der Waals surface area (Å²) in [6.07, 6.45) is -0.455. The highest BCUT2D eigenvalue weighted by Crippen LogP contribution is 2.21. The van der Waals surface area contributed by atoms with E-state index in [-0.39, 0.29) is 0 Å². The summed E-state index contributed by atoms with van der Waals surface area (Å²) < 4.78 is 0. The van der Waals surface area contributed by atoms with Crippen LogP contribution >= 0.6 is 0 Å². The van der Waals surface area contributed by atoms with E-state index in [1.807, 2.05) is 32.0 Å². The highest BCUT2D eigenvalue weighted by Gasteiger charge is 2.21. The Morgan fingerprint density at radius 3 is 2.18 bits per heavy atom. The van der Waals surface area contributed by atoms with E-state index >= 15 is 0 Å². The van der Waals surface area contributed by atoms with E-state index in [2.05, 4.69) is 5.32 Å². The standard InChI is InChI=1S/C12H15NO4/c1-7-4-3-5-8(2)11(7)13-9(12(16)17)6-10(14)15/h3-5,9,13H,6H2,1-2H3,(H,14,15)(H,16,17). The average Bonchev–Trinajstić information content (AvgIpc) is 2.21. The predicted molar refractivity (Wildman–Crippen MR) is 63.2 cm³/mol. The first-order valence-corrected chi connectivity index (χ1v) is 5.19. The number of anilines is 1. The van der Waals surface area contributed by atoms with Gasteiger partial charge in [-0.05, 0) is 25.0 Å². The van der Waals surface area contributed by atoms with Gasteiger partial charge in [0.05, 0.1) is 6.42 Å². The third-order valence-electron chi connectivity index (χ3n) is 2.48. The number of nitrogens with one attached hydrogen (secondary N) is 1. The van der Waals surface area contributed by atoms with Crippen molar-refractivity contribution in [1.29, 1.82) is 0 Å². The van der Waals surface area contributed by atoms with Crippen LogP contribution in [0.1, 0.15) is 17.5 Å². The normalized spacial score (nSPS) is 11.9. The van der Waals surface area contributed by atoms with E-state index in [4.69, 9.17) is 10.2 Å². The minimum absolute atomic E-state index is 0.455. The molecule has 0 bridgehead atoms. The van der Waals surface area contributed by atoms with Crippen LogP contribution in [0.3, 0.4) is 0 Å². The van der Waals surface area contributed by atoms with Crippen molar-refractivity contribution in [2.45, 2.75) is 26.3 Å². The van der Waals surface area contributed by atoms with E-state index in [1.54, 1.807) is 0 Å². The van der Waals surface area contributed by atoms with Crippen LogP contribution in [-0.4, -0.2) is 28.2 Å². The van der Waals surface area contributed by atoms with E-state index in [0.717, 1.165) is 11.1 Å². The van der Waals surface area contributed by atoms with E-state index in [0.29, 0.717) is 5.69 Å². The van der Waals surface area contributed by atoms with Crippen LogP contribution in [-0.2, 0) is 9.59 Å². The van der Waals surface area contributed by atoms with Gasteiger partial charge in [-0.15, -0.1) is 0 Å². The van der Waals surface area contributed by atoms with Gasteiger partial charge in [0.25, 0.3) is 0 Å². The third-order valence-corrected chi connectivity index (χ3v) is 2.48. The maximum atomic E-state index is 10.9. The lowest BCUT2D eigenvalue weighted by molar-refractivity contribution is -0.144. The topological polar surface area (TPSA) is 86.6 Å². The number of benzene rings is 1. The zero-order chi connectivity index (χ0) is 13.0. The molecule has 0 saturated heterocycles. The summed E-state index contributed by atoms with van der Waals surface area (Å²) in [7, 11) is 0. The van der Waals surface area contributed by atoms with Gasteiger partial charge in [-0.3, -0.25) is 4.79 Å². The predicted octanol–water partition coefficient (Wildman–Crippen LogP) is 1.64. The van der Waals surface area contributed by atoms with Crippen molar-refractivity contribution in [2.24, 2.45) is 0 Å². The lowest BCUT2D eigenvalue weighted by Gasteiger charge is -2.17. The number of carbonyl (C=O) groups is 2. The van der Waals surface area contributed by atoms with Crippen LogP contribution in [0.2, 0.25) is 0 Å². The lowest BCUT2D eigenvalue weighted by atomic mass is 10.1. The molecule has 3 N–H and O–H groups in total. The van der Waals surface area contributed by atoms with Gasteiger partial charge in [0.2, 0.25) is 0 Å². The molecule has 0 spiro atoms. The molecule has 0 heterocycles. The summed E-state index contributed by atoms with van der Waals surface area (Å²) in [6.45, 7) is 3.68. The van der Waals surface area contributed by atoms with Gasteiger partial charge in [-0.1, -0.05) is 18.2 Å². The lowest BCUT2D eigenvalue weighted by Crippen LogP contribution is -2.32. The molecule has 1 aromatic rings. The quantitative estimate of drug-likeness (QED) is 0.724. The van der Waals surface area contributed by atoms with Crippen molar-refractivity contribution >= 4 is 17.6 Å². The number of carboxylic acids is 2. The molecular weight excluding hydrogens is 222 g/mol. The van der Waals surface area contributed by atoms with Crippen molar-refractivity contribution in [2.75, 3.05) is 5.32 Å². The number of para-hydroxylation sites is 1. The molecule has 1 rings (SSSR count). The van der Waals surface area contributed by atoms with Crippen LogP contribution < -0.4 is 5.32 Å².